The molecule has 0 aromatic heterocycles. The number of hydrogen-bond donors (Lipinski definition) is 0. The summed E-state index contributed by atoms with van der Waals surface area (Å²) in [5.74, 6) is 0. The van der Waals surface area contributed by atoms with E-state index in [-0.39, 0.29) is 0 Å². The quantitative estimate of drug-likeness (QED) is 0.584. The molecule has 1 fully saturated rings. The van der Waals surface area contributed by atoms with Crippen molar-refractivity contribution in [3.05, 3.63) is 0 Å². The normalized spacial score (nSPS) is 35.5. The second-order valence-electron chi connectivity index (χ2n) is 1.97. The molecule has 1 saturated heterocycles. The van der Waals surface area contributed by atoms with Crippen molar-refractivity contribution in [2.75, 3.05) is 0 Å². The summed E-state index contributed by atoms with van der Waals surface area (Å²) in [6.07, 6.45) is -5.24. The van der Waals surface area contributed by atoms with E-state index < -0.39 is 45.0 Å². The van der Waals surface area contributed by atoms with Gasteiger partial charge in [0.1, 0.15) is 0 Å². The number of halogens is 6. The van der Waals surface area contributed by atoms with Crippen LogP contribution in [0.15, 0.2) is 0 Å². The standard InChI is InChI=1S/C4H2F6S2/c5-1-2(6)12-4(10,11-1)3(7,8)9/h1-2H/t1-,2-/m0/s1. The van der Waals surface area contributed by atoms with E-state index in [9.17, 15) is 26.3 Å². The Hall–Kier alpha value is 0.280. The Labute approximate surface area is 72.1 Å². The van der Waals surface area contributed by atoms with Gasteiger partial charge < -0.3 is 0 Å². The van der Waals surface area contributed by atoms with Gasteiger partial charge in [0, 0.05) is 0 Å². The van der Waals surface area contributed by atoms with E-state index in [1.807, 2.05) is 0 Å². The molecule has 1 aliphatic rings. The Balaban J connectivity index is 2.77. The van der Waals surface area contributed by atoms with Crippen LogP contribution in [0.2, 0.25) is 0 Å². The molecular formula is C4H2F6S2. The summed E-state index contributed by atoms with van der Waals surface area (Å²) in [5.41, 5.74) is -4.91. The van der Waals surface area contributed by atoms with Crippen molar-refractivity contribution in [2.45, 2.75) is 21.5 Å². The molecule has 0 saturated carbocycles. The van der Waals surface area contributed by atoms with Crippen LogP contribution in [-0.2, 0) is 0 Å². The molecule has 1 heterocycles. The third-order valence-electron chi connectivity index (χ3n) is 1.07. The zero-order valence-corrected chi connectivity index (χ0v) is 6.87. The minimum atomic E-state index is -5.24. The lowest BCUT2D eigenvalue weighted by Gasteiger charge is -2.19. The van der Waals surface area contributed by atoms with E-state index in [2.05, 4.69) is 0 Å². The first-order valence-electron chi connectivity index (χ1n) is 2.66. The first-order valence-corrected chi connectivity index (χ1v) is 4.41. The van der Waals surface area contributed by atoms with Crippen molar-refractivity contribution in [1.29, 1.82) is 0 Å². The summed E-state index contributed by atoms with van der Waals surface area (Å²) < 4.78 is 68.4. The zero-order valence-electron chi connectivity index (χ0n) is 5.24. The maximum Gasteiger partial charge on any atom is 0.442 e. The lowest BCUT2D eigenvalue weighted by Crippen LogP contribution is -2.32. The van der Waals surface area contributed by atoms with Gasteiger partial charge in [-0.2, -0.15) is 13.2 Å². The molecule has 1 rings (SSSR count). The van der Waals surface area contributed by atoms with Crippen LogP contribution in [0.4, 0.5) is 26.3 Å². The maximum absolute atomic E-state index is 12.6. The molecule has 72 valence electrons. The average Bonchev–Trinajstić information content (AvgIpc) is 2.06. The highest BCUT2D eigenvalue weighted by Gasteiger charge is 2.65. The topological polar surface area (TPSA) is 0 Å². The van der Waals surface area contributed by atoms with Gasteiger partial charge in [-0.05, 0) is 0 Å². The molecule has 0 bridgehead atoms. The highest BCUT2D eigenvalue weighted by atomic mass is 32.2. The van der Waals surface area contributed by atoms with Gasteiger partial charge in [0.15, 0.2) is 11.0 Å². The van der Waals surface area contributed by atoms with E-state index in [0.29, 0.717) is 0 Å². The number of rotatable bonds is 0. The fraction of sp³-hybridized carbons (Fsp3) is 1.00. The predicted octanol–water partition coefficient (Wildman–Crippen LogP) is 3.24. The Morgan fingerprint density at radius 1 is 1.00 bits per heavy atom. The summed E-state index contributed by atoms with van der Waals surface area (Å²) in [4.78, 5) is 0. The maximum atomic E-state index is 12.6. The zero-order chi connectivity index (χ0) is 9.57. The molecule has 0 aliphatic carbocycles. The van der Waals surface area contributed by atoms with Gasteiger partial charge in [0.25, 0.3) is 0 Å². The van der Waals surface area contributed by atoms with Gasteiger partial charge in [-0.1, -0.05) is 23.5 Å². The molecular weight excluding hydrogens is 226 g/mol. The van der Waals surface area contributed by atoms with Crippen molar-refractivity contribution in [3.8, 4) is 0 Å². The van der Waals surface area contributed by atoms with Gasteiger partial charge in [-0.3, -0.25) is 0 Å². The van der Waals surface area contributed by atoms with E-state index in [1.165, 1.54) is 0 Å². The van der Waals surface area contributed by atoms with E-state index in [1.54, 1.807) is 0 Å². The molecule has 2 atom stereocenters. The lowest BCUT2D eigenvalue weighted by atomic mass is 10.7. The van der Waals surface area contributed by atoms with Gasteiger partial charge in [-0.25, -0.2) is 13.2 Å². The highest BCUT2D eigenvalue weighted by Crippen LogP contribution is 2.61. The predicted molar refractivity (Wildman–Crippen MR) is 34.9 cm³/mol. The second-order valence-corrected chi connectivity index (χ2v) is 4.73. The summed E-state index contributed by atoms with van der Waals surface area (Å²) in [5, 5.41) is 0. The minimum absolute atomic E-state index is 0.688. The first-order chi connectivity index (χ1) is 5.26. The van der Waals surface area contributed by atoms with Crippen LogP contribution in [0.25, 0.3) is 0 Å². The molecule has 1 aliphatic heterocycles. The molecule has 0 N–H and O–H groups in total. The van der Waals surface area contributed by atoms with Crippen molar-refractivity contribution in [1.82, 2.24) is 0 Å². The van der Waals surface area contributed by atoms with Gasteiger partial charge in [0.05, 0.1) is 0 Å². The number of alkyl halides is 6. The number of thioether (sulfide) groups is 2. The van der Waals surface area contributed by atoms with Crippen molar-refractivity contribution in [2.24, 2.45) is 0 Å². The van der Waals surface area contributed by atoms with Crippen LogP contribution in [-0.4, -0.2) is 21.5 Å². The van der Waals surface area contributed by atoms with Gasteiger partial charge in [-0.15, -0.1) is 0 Å². The van der Waals surface area contributed by atoms with Crippen molar-refractivity contribution >= 4 is 23.5 Å². The molecule has 0 amide bonds. The van der Waals surface area contributed by atoms with Gasteiger partial charge >= 0.3 is 10.5 Å². The average molecular weight is 228 g/mol. The monoisotopic (exact) mass is 228 g/mol. The first kappa shape index (κ1) is 10.4. The molecule has 0 aromatic rings. The fourth-order valence-electron chi connectivity index (χ4n) is 0.558. The number of hydrogen-bond acceptors (Lipinski definition) is 2. The molecule has 0 nitrogen and oxygen atoms in total. The summed E-state index contributed by atoms with van der Waals surface area (Å²) in [6.45, 7) is 0. The van der Waals surface area contributed by atoms with Crippen LogP contribution >= 0.6 is 23.5 Å². The Bertz CT molecular complexity index is 169. The van der Waals surface area contributed by atoms with Crippen LogP contribution in [0.1, 0.15) is 0 Å². The fourth-order valence-corrected chi connectivity index (χ4v) is 2.73. The highest BCUT2D eigenvalue weighted by molar-refractivity contribution is 8.21. The van der Waals surface area contributed by atoms with Crippen LogP contribution in [0, 0.1) is 0 Å². The third kappa shape index (κ3) is 1.63. The lowest BCUT2D eigenvalue weighted by molar-refractivity contribution is -0.165. The molecule has 0 aromatic carbocycles. The molecule has 8 heteroatoms. The van der Waals surface area contributed by atoms with Crippen LogP contribution < -0.4 is 0 Å². The van der Waals surface area contributed by atoms with Crippen molar-refractivity contribution in [3.63, 3.8) is 0 Å². The van der Waals surface area contributed by atoms with E-state index >= 15 is 0 Å². The summed E-state index contributed by atoms with van der Waals surface area (Å²) in [7, 11) is 0. The Morgan fingerprint density at radius 3 is 1.50 bits per heavy atom. The molecule has 0 unspecified atom stereocenters. The molecule has 12 heavy (non-hydrogen) atoms. The van der Waals surface area contributed by atoms with Crippen molar-refractivity contribution < 1.29 is 26.3 Å². The molecule has 0 spiro atoms. The van der Waals surface area contributed by atoms with E-state index in [4.69, 9.17) is 0 Å². The third-order valence-corrected chi connectivity index (χ3v) is 3.82. The van der Waals surface area contributed by atoms with Gasteiger partial charge in [0.2, 0.25) is 0 Å². The van der Waals surface area contributed by atoms with Crippen LogP contribution in [0.5, 0.6) is 0 Å². The van der Waals surface area contributed by atoms with Crippen LogP contribution in [0.3, 0.4) is 0 Å². The Morgan fingerprint density at radius 2 is 1.33 bits per heavy atom. The summed E-state index contributed by atoms with van der Waals surface area (Å²) in [6, 6.07) is 0. The van der Waals surface area contributed by atoms with E-state index in [0.717, 1.165) is 0 Å². The molecule has 0 radical (unpaired) electrons. The Kier molecular flexibility index (Phi) is 2.50. The smallest absolute Gasteiger partial charge is 0.231 e. The minimum Gasteiger partial charge on any atom is -0.231 e. The SMILES string of the molecule is F[C@H]1SC(F)(C(F)(F)F)S[C@@H]1F. The summed E-state index contributed by atoms with van der Waals surface area (Å²) >= 11 is -1.38. The largest absolute Gasteiger partial charge is 0.442 e. The second kappa shape index (κ2) is 2.90.